The predicted octanol–water partition coefficient (Wildman–Crippen LogP) is 10.8. The van der Waals surface area contributed by atoms with Crippen LogP contribution in [0.2, 0.25) is 0 Å². The van der Waals surface area contributed by atoms with Crippen molar-refractivity contribution in [2.75, 3.05) is 21.3 Å². The standard InChI is InChI=1S/2C14H20O3.C13H14O4.C12H18O3.C11H14O3.C9H12O3.H2O/c15-8-12-6-11(7-13(9-16)14(12)17)10-4-2-1-3-5-10;1-9(15)12-7-11(14(2,3)4)6-10(8-17-5)13(12)16;1-9-6-11(4-5-16-3)13(15)12(7-9)8-17-10(2)14;1-12(2,3)10-4-8(6-13)11(15)9(5-10)7-14;1-7-4-9(6-14-3)11(13)10(5-7)8(2)12;1-6-2-7(4-10)9(12)8(3-6)5-11;/h6-7,10,15-17H,1-5,8-9H2;6-7,16H,8H2,1-5H3;6-7,15H,8H2,1-3H3;4-5,13-15H,6-7H2,1-3H3;4-5,13H,6H2,1-3H3;2-3,10-12H,4-5H2,1H3;1H2. The Morgan fingerprint density at radius 2 is 0.774 bits per heavy atom. The van der Waals surface area contributed by atoms with Crippen LogP contribution in [0.15, 0.2) is 72.8 Å². The number of aryl methyl sites for hydroxylation is 3. The van der Waals surface area contributed by atoms with Crippen molar-refractivity contribution in [2.45, 2.75) is 191 Å². The highest BCUT2D eigenvalue weighted by Crippen LogP contribution is 2.37. The molecule has 0 unspecified atom stereocenters. The molecule has 0 saturated heterocycles. The number of ether oxygens (including phenoxy) is 4. The van der Waals surface area contributed by atoms with Gasteiger partial charge < -0.3 is 85.7 Å². The molecule has 1 fully saturated rings. The van der Waals surface area contributed by atoms with Gasteiger partial charge in [-0.05, 0) is 153 Å². The Morgan fingerprint density at radius 1 is 0.441 bits per heavy atom. The largest absolute Gasteiger partial charge is 0.507 e. The zero-order valence-corrected chi connectivity index (χ0v) is 56.6. The summed E-state index contributed by atoms with van der Waals surface area (Å²) < 4.78 is 19.4. The fourth-order valence-corrected chi connectivity index (χ4v) is 9.70. The number of methoxy groups -OCH3 is 3. The van der Waals surface area contributed by atoms with Crippen LogP contribution in [0.25, 0.3) is 0 Å². The van der Waals surface area contributed by atoms with E-state index in [1.165, 1.54) is 60.0 Å². The second kappa shape index (κ2) is 40.1. The van der Waals surface area contributed by atoms with E-state index >= 15 is 0 Å². The van der Waals surface area contributed by atoms with Crippen LogP contribution in [0.1, 0.15) is 210 Å². The number of aliphatic hydroxyl groups is 6. The normalized spacial score (nSPS) is 11.7. The van der Waals surface area contributed by atoms with Gasteiger partial charge >= 0.3 is 5.97 Å². The maximum atomic E-state index is 11.5. The van der Waals surface area contributed by atoms with Gasteiger partial charge in [0.2, 0.25) is 0 Å². The highest BCUT2D eigenvalue weighted by Gasteiger charge is 2.22. The quantitative estimate of drug-likeness (QED) is 0.0258. The zero-order chi connectivity index (χ0) is 69.8. The van der Waals surface area contributed by atoms with E-state index in [9.17, 15) is 55.2 Å². The number of phenols is 6. The first kappa shape index (κ1) is 82.9. The van der Waals surface area contributed by atoms with Gasteiger partial charge in [-0.25, -0.2) is 0 Å². The summed E-state index contributed by atoms with van der Waals surface area (Å²) in [6, 6.07) is 21.3. The van der Waals surface area contributed by atoms with E-state index in [0.717, 1.165) is 33.4 Å². The fourth-order valence-electron chi connectivity index (χ4n) is 9.70. The average Bonchev–Trinajstić information content (AvgIpc) is 0.860. The smallest absolute Gasteiger partial charge is 0.302 e. The molecule has 0 aromatic heterocycles. The first-order valence-electron chi connectivity index (χ1n) is 30.1. The lowest BCUT2D eigenvalue weighted by Crippen LogP contribution is -2.13. The summed E-state index contributed by atoms with van der Waals surface area (Å²) in [4.78, 5) is 33.4. The van der Waals surface area contributed by atoms with Gasteiger partial charge in [-0.2, -0.15) is 0 Å². The predicted molar refractivity (Wildman–Crippen MR) is 356 cm³/mol. The molecule has 512 valence electrons. The minimum atomic E-state index is -0.393. The first-order chi connectivity index (χ1) is 43.2. The van der Waals surface area contributed by atoms with Crippen LogP contribution < -0.4 is 0 Å². The monoisotopic (exact) mass is 1300 g/mol. The van der Waals surface area contributed by atoms with Crippen LogP contribution in [-0.4, -0.2) is 106 Å². The molecule has 7 rings (SSSR count). The summed E-state index contributed by atoms with van der Waals surface area (Å²) in [7, 11) is 4.56. The van der Waals surface area contributed by atoms with Crippen molar-refractivity contribution in [3.63, 3.8) is 0 Å². The summed E-state index contributed by atoms with van der Waals surface area (Å²) in [5, 5.41) is 113. The first-order valence-corrected chi connectivity index (χ1v) is 30.1. The van der Waals surface area contributed by atoms with Gasteiger partial charge in [0.15, 0.2) is 11.6 Å². The van der Waals surface area contributed by atoms with E-state index in [4.69, 9.17) is 34.6 Å². The number of carbonyl (C=O) groups excluding carboxylic acids is 3. The molecule has 20 nitrogen and oxygen atoms in total. The lowest BCUT2D eigenvalue weighted by Gasteiger charge is -2.23. The molecule has 0 amide bonds. The number of Topliss-reactive ketones (excluding diaryl/α,β-unsaturated/α-hetero) is 2. The number of rotatable bonds is 15. The Balaban J connectivity index is 0.000000559. The summed E-state index contributed by atoms with van der Waals surface area (Å²) in [5.74, 6) is 2.62. The average molecular weight is 1300 g/mol. The number of ketones is 2. The Morgan fingerprint density at radius 3 is 1.15 bits per heavy atom. The molecular formula is C73H100O20. The van der Waals surface area contributed by atoms with Crippen molar-refractivity contribution in [3.8, 4) is 46.5 Å². The van der Waals surface area contributed by atoms with Crippen molar-refractivity contribution in [1.82, 2.24) is 0 Å². The van der Waals surface area contributed by atoms with Gasteiger partial charge in [-0.3, -0.25) is 14.4 Å². The number of carbonyl (C=O) groups is 3. The lowest BCUT2D eigenvalue weighted by molar-refractivity contribution is -0.142. The topological polar surface area (TPSA) is 362 Å². The van der Waals surface area contributed by atoms with Gasteiger partial charge in [0, 0.05) is 71.2 Å². The van der Waals surface area contributed by atoms with E-state index in [0.29, 0.717) is 85.9 Å². The van der Waals surface area contributed by atoms with Crippen LogP contribution in [0.3, 0.4) is 0 Å². The van der Waals surface area contributed by atoms with Crippen molar-refractivity contribution in [3.05, 3.63) is 173 Å². The van der Waals surface area contributed by atoms with Gasteiger partial charge in [0.05, 0.1) is 76.7 Å². The van der Waals surface area contributed by atoms with Crippen molar-refractivity contribution in [1.29, 1.82) is 0 Å². The molecule has 0 atom stereocenters. The summed E-state index contributed by atoms with van der Waals surface area (Å²) in [6.07, 6.45) is 8.53. The molecule has 1 saturated carbocycles. The Bertz CT molecular complexity index is 3370. The molecule has 0 aliphatic heterocycles. The van der Waals surface area contributed by atoms with Crippen molar-refractivity contribution < 1.29 is 100 Å². The number of benzene rings is 6. The molecule has 1 aliphatic rings. The summed E-state index contributed by atoms with van der Waals surface area (Å²) in [5.41, 5.74) is 11.7. The number of hydrogen-bond acceptors (Lipinski definition) is 19. The van der Waals surface area contributed by atoms with E-state index in [2.05, 4.69) is 37.5 Å². The maximum Gasteiger partial charge on any atom is 0.302 e. The molecule has 0 radical (unpaired) electrons. The Hall–Kier alpha value is -8.07. The van der Waals surface area contributed by atoms with Gasteiger partial charge in [-0.1, -0.05) is 84.6 Å². The molecule has 0 heterocycles. The second-order valence-electron chi connectivity index (χ2n) is 24.4. The van der Waals surface area contributed by atoms with Crippen molar-refractivity contribution in [2.24, 2.45) is 0 Å². The summed E-state index contributed by atoms with van der Waals surface area (Å²) >= 11 is 0. The van der Waals surface area contributed by atoms with Gasteiger partial charge in [0.25, 0.3) is 0 Å². The van der Waals surface area contributed by atoms with Crippen LogP contribution in [0, 0.1) is 32.8 Å². The summed E-state index contributed by atoms with van der Waals surface area (Å²) in [6.45, 7) is 21.6. The minimum absolute atomic E-state index is 0. The number of phenolic OH excluding ortho intramolecular Hbond substituents is 3. The fraction of sp³-hybridized carbons (Fsp3) is 0.438. The molecule has 6 aromatic carbocycles. The third-order valence-electron chi connectivity index (χ3n) is 14.7. The molecule has 0 bridgehead atoms. The van der Waals surface area contributed by atoms with Crippen LogP contribution in [0.5, 0.6) is 34.5 Å². The second-order valence-corrected chi connectivity index (χ2v) is 24.4. The Labute approximate surface area is 547 Å². The molecule has 6 aromatic rings. The van der Waals surface area contributed by atoms with E-state index < -0.39 is 5.97 Å². The lowest BCUT2D eigenvalue weighted by atomic mass is 9.83. The van der Waals surface area contributed by atoms with Crippen LogP contribution in [0.4, 0.5) is 0 Å². The number of hydrogen-bond donors (Lipinski definition) is 12. The number of aliphatic hydroxyl groups excluding tert-OH is 6. The van der Waals surface area contributed by atoms with E-state index in [1.54, 1.807) is 62.8 Å². The molecule has 14 N–H and O–H groups in total. The van der Waals surface area contributed by atoms with Crippen LogP contribution in [-0.2, 0) is 94.0 Å². The third kappa shape index (κ3) is 26.1. The number of esters is 1. The zero-order valence-electron chi connectivity index (χ0n) is 56.6. The number of aromatic hydroxyl groups is 6. The van der Waals surface area contributed by atoms with Crippen LogP contribution >= 0.6 is 0 Å². The Kier molecular flexibility index (Phi) is 35.8. The van der Waals surface area contributed by atoms with Gasteiger partial charge in [-0.15, -0.1) is 0 Å². The maximum absolute atomic E-state index is 11.5. The van der Waals surface area contributed by atoms with E-state index in [1.807, 2.05) is 65.8 Å². The highest BCUT2D eigenvalue weighted by atomic mass is 16.5. The minimum Gasteiger partial charge on any atom is -0.507 e. The molecule has 1 aliphatic carbocycles. The molecule has 0 spiro atoms. The van der Waals surface area contributed by atoms with Crippen molar-refractivity contribution >= 4 is 17.5 Å². The third-order valence-corrected chi connectivity index (χ3v) is 14.7. The SMILES string of the molecule is CC(C)(C)c1cc(CO)c(O)c(CO)c1.COC#Cc1cc(C)cc(COC(C)=O)c1O.COCc1cc(C(C)(C)C)cc(C(C)=O)c1O.COCc1cc(C)cc(C(C)=O)c1O.Cc1cc(CO)c(O)c(CO)c1.O.OCc1cc(C2CCCCC2)cc(CO)c1O. The molecular weight excluding hydrogens is 1200 g/mol. The highest BCUT2D eigenvalue weighted by molar-refractivity contribution is 5.98. The van der Waals surface area contributed by atoms with Gasteiger partial charge in [0.1, 0.15) is 47.2 Å². The molecule has 20 heteroatoms. The van der Waals surface area contributed by atoms with E-state index in [-0.39, 0.29) is 109 Å². The molecule has 93 heavy (non-hydrogen) atoms.